The standard InChI is InChI=1S/C18H29N3O3S/c1-14-12-15(2)18(16(3)13-14)25(23,24)19-7-6-17(22)21-9-5-8-20(4)10-11-21/h12-13,19H,5-11H2,1-4H3. The Morgan fingerprint density at radius 3 is 2.36 bits per heavy atom. The molecular formula is C18H29N3O3S. The summed E-state index contributed by atoms with van der Waals surface area (Å²) in [5.41, 5.74) is 2.49. The smallest absolute Gasteiger partial charge is 0.241 e. The normalized spacial score (nSPS) is 16.7. The van der Waals surface area contributed by atoms with E-state index in [1.54, 1.807) is 13.8 Å². The number of sulfonamides is 1. The molecule has 1 amide bonds. The average molecular weight is 368 g/mol. The fraction of sp³-hybridized carbons (Fsp3) is 0.611. The fourth-order valence-electron chi connectivity index (χ4n) is 3.41. The summed E-state index contributed by atoms with van der Waals surface area (Å²) in [6.45, 7) is 8.97. The van der Waals surface area contributed by atoms with E-state index in [1.165, 1.54) is 0 Å². The minimum Gasteiger partial charge on any atom is -0.341 e. The van der Waals surface area contributed by atoms with Crippen molar-refractivity contribution >= 4 is 15.9 Å². The van der Waals surface area contributed by atoms with Gasteiger partial charge in [-0.15, -0.1) is 0 Å². The van der Waals surface area contributed by atoms with E-state index in [9.17, 15) is 13.2 Å². The molecule has 140 valence electrons. The van der Waals surface area contributed by atoms with E-state index in [4.69, 9.17) is 0 Å². The molecule has 1 aromatic rings. The Kier molecular flexibility index (Phi) is 6.59. The summed E-state index contributed by atoms with van der Waals surface area (Å²) < 4.78 is 27.8. The molecule has 0 radical (unpaired) electrons. The second-order valence-corrected chi connectivity index (χ2v) is 8.62. The molecule has 0 spiro atoms. The highest BCUT2D eigenvalue weighted by molar-refractivity contribution is 7.89. The lowest BCUT2D eigenvalue weighted by atomic mass is 10.1. The van der Waals surface area contributed by atoms with Gasteiger partial charge in [-0.3, -0.25) is 4.79 Å². The first kappa shape index (κ1) is 19.9. The quantitative estimate of drug-likeness (QED) is 0.855. The molecule has 1 N–H and O–H groups in total. The summed E-state index contributed by atoms with van der Waals surface area (Å²) in [6.07, 6.45) is 1.14. The minimum absolute atomic E-state index is 0.00958. The molecule has 1 aliphatic rings. The number of hydrogen-bond donors (Lipinski definition) is 1. The van der Waals surface area contributed by atoms with Gasteiger partial charge in [0.25, 0.3) is 0 Å². The molecule has 2 rings (SSSR count). The van der Waals surface area contributed by atoms with E-state index >= 15 is 0 Å². The van der Waals surface area contributed by atoms with Gasteiger partial charge in [-0.25, -0.2) is 13.1 Å². The predicted octanol–water partition coefficient (Wildman–Crippen LogP) is 1.44. The van der Waals surface area contributed by atoms with Crippen LogP contribution in [0.25, 0.3) is 0 Å². The molecule has 25 heavy (non-hydrogen) atoms. The van der Waals surface area contributed by atoms with Crippen LogP contribution in [0.3, 0.4) is 0 Å². The molecule has 1 saturated heterocycles. The van der Waals surface area contributed by atoms with Crippen molar-refractivity contribution in [2.45, 2.75) is 38.5 Å². The molecule has 1 aliphatic heterocycles. The summed E-state index contributed by atoms with van der Waals surface area (Å²) >= 11 is 0. The summed E-state index contributed by atoms with van der Waals surface area (Å²) in [5.74, 6) is 0.00958. The third-order valence-electron chi connectivity index (χ3n) is 4.58. The molecule has 0 unspecified atom stereocenters. The van der Waals surface area contributed by atoms with Gasteiger partial charge in [0, 0.05) is 32.6 Å². The largest absolute Gasteiger partial charge is 0.341 e. The van der Waals surface area contributed by atoms with Crippen LogP contribution in [0.2, 0.25) is 0 Å². The van der Waals surface area contributed by atoms with E-state index in [0.717, 1.165) is 42.7 Å². The number of likely N-dealkylation sites (N-methyl/N-ethyl adjacent to an activating group) is 1. The third-order valence-corrected chi connectivity index (χ3v) is 6.34. The Hall–Kier alpha value is -1.44. The number of benzene rings is 1. The van der Waals surface area contributed by atoms with Crippen LogP contribution in [0, 0.1) is 20.8 Å². The number of nitrogens with one attached hydrogen (secondary N) is 1. The first-order chi connectivity index (χ1) is 11.7. The van der Waals surface area contributed by atoms with Crippen LogP contribution in [-0.4, -0.2) is 63.9 Å². The molecule has 1 aromatic carbocycles. The van der Waals surface area contributed by atoms with E-state index in [1.807, 2.05) is 31.0 Å². The Bertz CT molecular complexity index is 708. The fourth-order valence-corrected chi connectivity index (χ4v) is 4.89. The average Bonchev–Trinajstić information content (AvgIpc) is 2.70. The number of rotatable bonds is 5. The van der Waals surface area contributed by atoms with E-state index < -0.39 is 10.0 Å². The maximum Gasteiger partial charge on any atom is 0.241 e. The van der Waals surface area contributed by atoms with Crippen LogP contribution >= 0.6 is 0 Å². The number of nitrogens with zero attached hydrogens (tertiary/aromatic N) is 2. The van der Waals surface area contributed by atoms with Gasteiger partial charge in [0.15, 0.2) is 0 Å². The molecule has 6 nitrogen and oxygen atoms in total. The lowest BCUT2D eigenvalue weighted by molar-refractivity contribution is -0.130. The maximum atomic E-state index is 12.6. The van der Waals surface area contributed by atoms with Crippen LogP contribution in [0.5, 0.6) is 0 Å². The summed E-state index contributed by atoms with van der Waals surface area (Å²) in [6, 6.07) is 3.72. The topological polar surface area (TPSA) is 69.7 Å². The lowest BCUT2D eigenvalue weighted by Gasteiger charge is -2.20. The SMILES string of the molecule is Cc1cc(C)c(S(=O)(=O)NCCC(=O)N2CCCN(C)CC2)c(C)c1. The summed E-state index contributed by atoms with van der Waals surface area (Å²) in [7, 11) is -1.56. The van der Waals surface area contributed by atoms with Crippen LogP contribution in [0.15, 0.2) is 17.0 Å². The zero-order chi connectivity index (χ0) is 18.6. The van der Waals surface area contributed by atoms with Crippen LogP contribution < -0.4 is 4.72 Å². The Morgan fingerprint density at radius 1 is 1.08 bits per heavy atom. The molecule has 0 saturated carbocycles. The minimum atomic E-state index is -3.61. The molecule has 0 bridgehead atoms. The first-order valence-corrected chi connectivity index (χ1v) is 10.2. The number of carbonyl (C=O) groups is 1. The van der Waals surface area contributed by atoms with Gasteiger partial charge in [0.1, 0.15) is 0 Å². The predicted molar refractivity (Wildman–Crippen MR) is 99.2 cm³/mol. The van der Waals surface area contributed by atoms with Crippen LogP contribution in [-0.2, 0) is 14.8 Å². The van der Waals surface area contributed by atoms with Crippen molar-refractivity contribution in [3.05, 3.63) is 28.8 Å². The van der Waals surface area contributed by atoms with Crippen molar-refractivity contribution in [2.75, 3.05) is 39.8 Å². The van der Waals surface area contributed by atoms with Gasteiger partial charge in [-0.1, -0.05) is 17.7 Å². The highest BCUT2D eigenvalue weighted by Gasteiger charge is 2.21. The van der Waals surface area contributed by atoms with Crippen molar-refractivity contribution in [2.24, 2.45) is 0 Å². The Balaban J connectivity index is 1.95. The van der Waals surface area contributed by atoms with Gasteiger partial charge in [-0.05, 0) is 51.9 Å². The maximum absolute atomic E-state index is 12.6. The highest BCUT2D eigenvalue weighted by atomic mass is 32.2. The van der Waals surface area contributed by atoms with Gasteiger partial charge in [0.2, 0.25) is 15.9 Å². The van der Waals surface area contributed by atoms with Crippen molar-refractivity contribution in [1.82, 2.24) is 14.5 Å². The number of amides is 1. The molecule has 1 heterocycles. The zero-order valence-electron chi connectivity index (χ0n) is 15.6. The second-order valence-electron chi connectivity index (χ2n) is 6.91. The number of aryl methyl sites for hydroxylation is 3. The molecule has 1 fully saturated rings. The Morgan fingerprint density at radius 2 is 1.72 bits per heavy atom. The molecular weight excluding hydrogens is 338 g/mol. The second kappa shape index (κ2) is 8.29. The van der Waals surface area contributed by atoms with Crippen molar-refractivity contribution in [3.63, 3.8) is 0 Å². The molecule has 7 heteroatoms. The van der Waals surface area contributed by atoms with Gasteiger partial charge < -0.3 is 9.80 Å². The van der Waals surface area contributed by atoms with Gasteiger partial charge >= 0.3 is 0 Å². The van der Waals surface area contributed by atoms with Crippen molar-refractivity contribution < 1.29 is 13.2 Å². The van der Waals surface area contributed by atoms with Crippen molar-refractivity contribution in [1.29, 1.82) is 0 Å². The van der Waals surface area contributed by atoms with E-state index in [2.05, 4.69) is 9.62 Å². The Labute approximate surface area is 151 Å². The zero-order valence-corrected chi connectivity index (χ0v) is 16.4. The highest BCUT2D eigenvalue weighted by Crippen LogP contribution is 2.21. The summed E-state index contributed by atoms with van der Waals surface area (Å²) in [4.78, 5) is 16.7. The third kappa shape index (κ3) is 5.26. The lowest BCUT2D eigenvalue weighted by Crippen LogP contribution is -2.37. The summed E-state index contributed by atoms with van der Waals surface area (Å²) in [5, 5.41) is 0. The molecule has 0 aliphatic carbocycles. The van der Waals surface area contributed by atoms with E-state index in [-0.39, 0.29) is 18.9 Å². The monoisotopic (exact) mass is 367 g/mol. The number of carbonyl (C=O) groups excluding carboxylic acids is 1. The van der Waals surface area contributed by atoms with Crippen LogP contribution in [0.1, 0.15) is 29.5 Å². The molecule has 0 aromatic heterocycles. The first-order valence-electron chi connectivity index (χ1n) is 8.74. The van der Waals surface area contributed by atoms with Gasteiger partial charge in [0.05, 0.1) is 4.90 Å². The van der Waals surface area contributed by atoms with Crippen molar-refractivity contribution in [3.8, 4) is 0 Å². The van der Waals surface area contributed by atoms with Gasteiger partial charge in [-0.2, -0.15) is 0 Å². The van der Waals surface area contributed by atoms with Crippen LogP contribution in [0.4, 0.5) is 0 Å². The molecule has 0 atom stereocenters. The van der Waals surface area contributed by atoms with E-state index in [0.29, 0.717) is 11.4 Å². The number of hydrogen-bond acceptors (Lipinski definition) is 4.